The average Bonchev–Trinajstić information content (AvgIpc) is 3.08. The second kappa shape index (κ2) is 7.58. The minimum Gasteiger partial charge on any atom is -0.482 e. The number of benzene rings is 1. The molecule has 1 aromatic carbocycles. The lowest BCUT2D eigenvalue weighted by molar-refractivity contribution is -0.128. The number of para-hydroxylation sites is 2. The molecule has 2 atom stereocenters. The first kappa shape index (κ1) is 20.1. The number of nitrogens with one attached hydrogen (secondary N) is 1. The Hall–Kier alpha value is -2.17. The van der Waals surface area contributed by atoms with E-state index in [1.165, 1.54) is 15.6 Å². The first-order valence-electron chi connectivity index (χ1n) is 9.46. The zero-order valence-corrected chi connectivity index (χ0v) is 18.0. The number of sulfonamides is 1. The number of hydrogen-bond acceptors (Lipinski definition) is 7. The molecular weight excluding hydrogens is 414 g/mol. The highest BCUT2D eigenvalue weighted by atomic mass is 32.2. The zero-order chi connectivity index (χ0) is 20.8. The Balaban J connectivity index is 1.47. The van der Waals surface area contributed by atoms with Crippen molar-refractivity contribution in [2.45, 2.75) is 51.2 Å². The molecule has 10 heteroatoms. The van der Waals surface area contributed by atoms with Crippen LogP contribution < -0.4 is 14.8 Å². The molecule has 156 valence electrons. The maximum atomic E-state index is 12.8. The van der Waals surface area contributed by atoms with Crippen LogP contribution >= 0.6 is 11.3 Å². The smallest absolute Gasteiger partial charge is 0.271 e. The normalized spacial score (nSPS) is 21.7. The van der Waals surface area contributed by atoms with Gasteiger partial charge in [-0.25, -0.2) is 13.4 Å². The average molecular weight is 438 g/mol. The highest BCUT2D eigenvalue weighted by molar-refractivity contribution is 7.89. The van der Waals surface area contributed by atoms with E-state index < -0.39 is 27.5 Å². The lowest BCUT2D eigenvalue weighted by Gasteiger charge is -2.30. The molecule has 4 rings (SSSR count). The summed E-state index contributed by atoms with van der Waals surface area (Å²) in [6.07, 6.45) is -0.727. The Morgan fingerprint density at radius 3 is 2.66 bits per heavy atom. The summed E-state index contributed by atoms with van der Waals surface area (Å²) in [7, 11) is -3.32. The summed E-state index contributed by atoms with van der Waals surface area (Å²) in [6, 6.07) is 7.22. The molecule has 1 aromatic heterocycles. The van der Waals surface area contributed by atoms with Crippen molar-refractivity contribution in [2.24, 2.45) is 0 Å². The van der Waals surface area contributed by atoms with Gasteiger partial charge in [-0.1, -0.05) is 12.1 Å². The fourth-order valence-electron chi connectivity index (χ4n) is 3.32. The lowest BCUT2D eigenvalue weighted by Crippen LogP contribution is -2.46. The van der Waals surface area contributed by atoms with Gasteiger partial charge in [0.15, 0.2) is 16.6 Å². The van der Waals surface area contributed by atoms with Gasteiger partial charge in [0.2, 0.25) is 16.1 Å². The van der Waals surface area contributed by atoms with Crippen LogP contribution in [0.3, 0.4) is 0 Å². The molecule has 2 aliphatic rings. The molecule has 0 spiro atoms. The first-order chi connectivity index (χ1) is 13.8. The predicted octanol–water partition coefficient (Wildman–Crippen LogP) is 2.41. The van der Waals surface area contributed by atoms with Crippen molar-refractivity contribution >= 4 is 32.4 Å². The quantitative estimate of drug-likeness (QED) is 0.789. The molecular formula is C19H23N3O5S2. The van der Waals surface area contributed by atoms with Crippen LogP contribution in [0.25, 0.3) is 0 Å². The van der Waals surface area contributed by atoms with E-state index in [-0.39, 0.29) is 12.5 Å². The van der Waals surface area contributed by atoms with Crippen molar-refractivity contribution in [3.63, 3.8) is 0 Å². The minimum absolute atomic E-state index is 0.288. The first-order valence-corrected chi connectivity index (χ1v) is 11.8. The minimum atomic E-state index is -3.32. The molecule has 1 amide bonds. The molecule has 2 unspecified atom stereocenters. The molecule has 0 saturated carbocycles. The number of ether oxygens (including phenoxy) is 2. The Morgan fingerprint density at radius 2 is 1.97 bits per heavy atom. The summed E-state index contributed by atoms with van der Waals surface area (Å²) in [5.74, 6) is 0.795. The Labute approximate surface area is 173 Å². The number of amides is 1. The van der Waals surface area contributed by atoms with Gasteiger partial charge in [-0.15, -0.1) is 11.3 Å². The number of carbonyl (C=O) groups excluding carboxylic acids is 1. The Morgan fingerprint density at radius 1 is 1.28 bits per heavy atom. The number of aromatic nitrogens is 1. The molecule has 3 heterocycles. The van der Waals surface area contributed by atoms with E-state index >= 15 is 0 Å². The van der Waals surface area contributed by atoms with Crippen molar-refractivity contribution in [2.75, 3.05) is 11.9 Å². The number of fused-ring (bicyclic) bond motifs is 2. The summed E-state index contributed by atoms with van der Waals surface area (Å²) in [5.41, 5.74) is 0.833. The zero-order valence-electron chi connectivity index (χ0n) is 16.4. The number of thiazole rings is 1. The number of anilines is 1. The molecule has 0 aliphatic carbocycles. The van der Waals surface area contributed by atoms with E-state index in [4.69, 9.17) is 9.47 Å². The van der Waals surface area contributed by atoms with Crippen LogP contribution in [-0.4, -0.2) is 47.6 Å². The lowest BCUT2D eigenvalue weighted by atomic mass is 10.1. The summed E-state index contributed by atoms with van der Waals surface area (Å²) in [6.45, 7) is 5.82. The van der Waals surface area contributed by atoms with Gasteiger partial charge in [-0.3, -0.25) is 10.1 Å². The summed E-state index contributed by atoms with van der Waals surface area (Å²) < 4.78 is 38.0. The molecule has 0 fully saturated rings. The second-order valence-corrected chi connectivity index (χ2v) is 10.9. The number of carbonyl (C=O) groups is 1. The molecule has 0 bridgehead atoms. The van der Waals surface area contributed by atoms with Crippen LogP contribution in [0, 0.1) is 0 Å². The van der Waals surface area contributed by atoms with Gasteiger partial charge in [0.05, 0.1) is 10.9 Å². The largest absolute Gasteiger partial charge is 0.482 e. The van der Waals surface area contributed by atoms with E-state index in [0.29, 0.717) is 29.6 Å². The van der Waals surface area contributed by atoms with Crippen LogP contribution in [0.15, 0.2) is 24.3 Å². The van der Waals surface area contributed by atoms with Gasteiger partial charge < -0.3 is 9.47 Å². The summed E-state index contributed by atoms with van der Waals surface area (Å²) in [5, 5.41) is 2.78. The van der Waals surface area contributed by atoms with Crippen LogP contribution in [0.2, 0.25) is 0 Å². The van der Waals surface area contributed by atoms with Crippen molar-refractivity contribution in [1.82, 2.24) is 9.29 Å². The van der Waals surface area contributed by atoms with Crippen molar-refractivity contribution in [1.29, 1.82) is 0 Å². The van der Waals surface area contributed by atoms with Crippen LogP contribution in [0.4, 0.5) is 5.13 Å². The van der Waals surface area contributed by atoms with Crippen LogP contribution in [0.1, 0.15) is 31.3 Å². The van der Waals surface area contributed by atoms with Crippen LogP contribution in [-0.2, 0) is 27.8 Å². The van der Waals surface area contributed by atoms with Gasteiger partial charge >= 0.3 is 0 Å². The summed E-state index contributed by atoms with van der Waals surface area (Å²) >= 11 is 1.30. The SMILES string of the molecule is CC1Oc2ccccc2OC1C(=O)Nc1nc2c(s1)CN(S(=O)(=O)C(C)C)CC2. The molecule has 0 saturated heterocycles. The highest BCUT2D eigenvalue weighted by Gasteiger charge is 2.35. The van der Waals surface area contributed by atoms with Gasteiger partial charge in [-0.2, -0.15) is 4.31 Å². The Bertz CT molecular complexity index is 1030. The highest BCUT2D eigenvalue weighted by Crippen LogP contribution is 2.34. The molecule has 2 aliphatic heterocycles. The van der Waals surface area contributed by atoms with E-state index in [1.807, 2.05) is 12.1 Å². The van der Waals surface area contributed by atoms with Crippen LogP contribution in [0.5, 0.6) is 11.5 Å². The van der Waals surface area contributed by atoms with Crippen molar-refractivity contribution in [3.8, 4) is 11.5 Å². The number of rotatable bonds is 4. The third-order valence-electron chi connectivity index (χ3n) is 4.98. The molecule has 0 radical (unpaired) electrons. The molecule has 29 heavy (non-hydrogen) atoms. The van der Waals surface area contributed by atoms with E-state index in [0.717, 1.165) is 10.6 Å². The topological polar surface area (TPSA) is 97.8 Å². The van der Waals surface area contributed by atoms with Gasteiger partial charge in [0.1, 0.15) is 6.10 Å². The number of hydrogen-bond donors (Lipinski definition) is 1. The fourth-order valence-corrected chi connectivity index (χ4v) is 5.68. The predicted molar refractivity (Wildman–Crippen MR) is 110 cm³/mol. The maximum absolute atomic E-state index is 12.8. The molecule has 8 nitrogen and oxygen atoms in total. The third kappa shape index (κ3) is 3.84. The second-order valence-electron chi connectivity index (χ2n) is 7.36. The van der Waals surface area contributed by atoms with Crippen molar-refractivity contribution in [3.05, 3.63) is 34.8 Å². The van der Waals surface area contributed by atoms with E-state index in [2.05, 4.69) is 10.3 Å². The molecule has 2 aromatic rings. The summed E-state index contributed by atoms with van der Waals surface area (Å²) in [4.78, 5) is 18.1. The van der Waals surface area contributed by atoms with Crippen molar-refractivity contribution < 1.29 is 22.7 Å². The van der Waals surface area contributed by atoms with E-state index in [1.54, 1.807) is 32.9 Å². The maximum Gasteiger partial charge on any atom is 0.271 e. The fraction of sp³-hybridized carbons (Fsp3) is 0.474. The monoisotopic (exact) mass is 437 g/mol. The van der Waals surface area contributed by atoms with E-state index in [9.17, 15) is 13.2 Å². The van der Waals surface area contributed by atoms with Gasteiger partial charge in [-0.05, 0) is 32.9 Å². The van der Waals surface area contributed by atoms with Gasteiger partial charge in [0, 0.05) is 24.4 Å². The van der Waals surface area contributed by atoms with Gasteiger partial charge in [0.25, 0.3) is 5.91 Å². The Kier molecular flexibility index (Phi) is 5.26. The third-order valence-corrected chi connectivity index (χ3v) is 8.20. The standard InChI is InChI=1S/C19H23N3O5S2/c1-11(2)29(24,25)22-9-8-13-16(10-22)28-19(20-13)21-18(23)17-12(3)26-14-6-4-5-7-15(14)27-17/h4-7,11-12,17H,8-10H2,1-3H3,(H,20,21,23). The number of nitrogens with zero attached hydrogens (tertiary/aromatic N) is 2. The molecule has 1 N–H and O–H groups in total.